The Kier molecular flexibility index (Phi) is 14.1. The van der Waals surface area contributed by atoms with E-state index in [0.29, 0.717) is 12.2 Å². The number of aliphatic carboxylic acids is 1. The number of aliphatic hydroxyl groups excluding tert-OH is 2. The zero-order chi connectivity index (χ0) is 26.4. The Morgan fingerprint density at radius 2 is 1.66 bits per heavy atom. The molecule has 0 aliphatic heterocycles. The van der Waals surface area contributed by atoms with Crippen molar-refractivity contribution in [3.63, 3.8) is 0 Å². The molecule has 0 radical (unpaired) electrons. The van der Waals surface area contributed by atoms with E-state index in [1.165, 1.54) is 13.0 Å². The fraction of sp³-hybridized carbons (Fsp3) is 0.478. The van der Waals surface area contributed by atoms with Crippen LogP contribution in [0, 0.1) is 0 Å². The molecule has 0 aromatic heterocycles. The van der Waals surface area contributed by atoms with Crippen LogP contribution in [-0.2, 0) is 25.6 Å². The van der Waals surface area contributed by atoms with Gasteiger partial charge in [-0.3, -0.25) is 19.2 Å². The van der Waals surface area contributed by atoms with Crippen molar-refractivity contribution in [2.24, 2.45) is 0 Å². The molecule has 0 spiro atoms. The van der Waals surface area contributed by atoms with Crippen LogP contribution in [0.2, 0.25) is 0 Å². The second kappa shape index (κ2) is 16.2. The number of thiol groups is 2. The van der Waals surface area contributed by atoms with Crippen LogP contribution in [0.4, 0.5) is 0 Å². The maximum absolute atomic E-state index is 12.6. The average molecular weight is 528 g/mol. The number of carbonyl (C=O) groups excluding carboxylic acids is 3. The molecule has 194 valence electrons. The zero-order valence-electron chi connectivity index (χ0n) is 19.3. The number of hydrogen-bond donors (Lipinski definition) is 8. The quantitative estimate of drug-likeness (QED) is 0.0907. The van der Waals surface area contributed by atoms with Crippen LogP contribution in [0.15, 0.2) is 42.5 Å². The number of benzene rings is 1. The molecular formula is C23H33N3O7S2. The molecule has 12 heteroatoms. The molecule has 0 fully saturated rings. The van der Waals surface area contributed by atoms with Crippen molar-refractivity contribution in [2.45, 2.75) is 62.3 Å². The number of carboxylic acids is 1. The van der Waals surface area contributed by atoms with E-state index in [2.05, 4.69) is 41.2 Å². The number of carbonyl (C=O) groups is 4. The molecule has 1 unspecified atom stereocenters. The highest BCUT2D eigenvalue weighted by Crippen LogP contribution is 2.10. The van der Waals surface area contributed by atoms with Crippen LogP contribution in [0.25, 0.3) is 0 Å². The van der Waals surface area contributed by atoms with E-state index in [1.54, 1.807) is 36.4 Å². The maximum atomic E-state index is 12.6. The lowest BCUT2D eigenvalue weighted by Crippen LogP contribution is -2.54. The van der Waals surface area contributed by atoms with Gasteiger partial charge in [0.2, 0.25) is 11.8 Å². The highest BCUT2D eigenvalue weighted by molar-refractivity contribution is 7.81. The molecule has 0 aliphatic rings. The topological polar surface area (TPSA) is 165 Å². The summed E-state index contributed by atoms with van der Waals surface area (Å²) >= 11 is 8.12. The summed E-state index contributed by atoms with van der Waals surface area (Å²) in [6.07, 6.45) is 0.765. The smallest absolute Gasteiger partial charge is 0.306 e. The van der Waals surface area contributed by atoms with E-state index in [9.17, 15) is 29.4 Å². The van der Waals surface area contributed by atoms with Crippen molar-refractivity contribution in [1.29, 1.82) is 0 Å². The summed E-state index contributed by atoms with van der Waals surface area (Å²) in [4.78, 5) is 48.0. The normalized spacial score (nSPS) is 15.5. The van der Waals surface area contributed by atoms with Gasteiger partial charge in [0.05, 0.1) is 31.1 Å². The molecular weight excluding hydrogens is 494 g/mol. The summed E-state index contributed by atoms with van der Waals surface area (Å²) in [6.45, 7) is 1.41. The lowest BCUT2D eigenvalue weighted by atomic mass is 9.99. The summed E-state index contributed by atoms with van der Waals surface area (Å²) < 4.78 is 0. The SMILES string of the molecule is C[C@@H](NC(=O)C[C@H](O)/C=C/CCS)C(=O)NC(S)C(=O)N[C@H](Cc1ccccc1)[C@@H](O)CC(=O)O. The van der Waals surface area contributed by atoms with Crippen LogP contribution in [0.1, 0.15) is 31.7 Å². The average Bonchev–Trinajstić information content (AvgIpc) is 2.78. The molecule has 1 aromatic carbocycles. The summed E-state index contributed by atoms with van der Waals surface area (Å²) in [7, 11) is 0. The van der Waals surface area contributed by atoms with Crippen LogP contribution in [0.5, 0.6) is 0 Å². The molecule has 0 saturated carbocycles. The fourth-order valence-electron chi connectivity index (χ4n) is 3.01. The number of aliphatic hydroxyl groups is 2. The Morgan fingerprint density at radius 1 is 1.00 bits per heavy atom. The predicted octanol–water partition coefficient (Wildman–Crippen LogP) is 0.0534. The van der Waals surface area contributed by atoms with Gasteiger partial charge in [-0.2, -0.15) is 12.6 Å². The van der Waals surface area contributed by atoms with Crippen molar-refractivity contribution < 1.29 is 34.5 Å². The Balaban J connectivity index is 2.65. The Labute approximate surface area is 215 Å². The van der Waals surface area contributed by atoms with Gasteiger partial charge in [0.1, 0.15) is 6.04 Å². The van der Waals surface area contributed by atoms with E-state index >= 15 is 0 Å². The monoisotopic (exact) mass is 527 g/mol. The molecule has 0 aliphatic carbocycles. The fourth-order valence-corrected chi connectivity index (χ4v) is 3.36. The minimum Gasteiger partial charge on any atom is -0.481 e. The van der Waals surface area contributed by atoms with Crippen molar-refractivity contribution in [3.8, 4) is 0 Å². The van der Waals surface area contributed by atoms with Gasteiger partial charge in [-0.25, -0.2) is 0 Å². The highest BCUT2D eigenvalue weighted by Gasteiger charge is 2.28. The highest BCUT2D eigenvalue weighted by atomic mass is 32.1. The number of hydrogen-bond acceptors (Lipinski definition) is 8. The van der Waals surface area contributed by atoms with Gasteiger partial charge in [0.25, 0.3) is 5.91 Å². The first kappa shape index (κ1) is 30.5. The third-order valence-electron chi connectivity index (χ3n) is 4.82. The van der Waals surface area contributed by atoms with Crippen LogP contribution < -0.4 is 16.0 Å². The van der Waals surface area contributed by atoms with Gasteiger partial charge in [-0.05, 0) is 31.1 Å². The number of amides is 3. The van der Waals surface area contributed by atoms with Gasteiger partial charge < -0.3 is 31.3 Å². The standard InChI is InChI=1S/C23H33N3O7S2/c1-14(24-19(29)12-16(27)9-5-6-10-34)21(32)26-23(35)22(33)25-17(18(28)13-20(30)31)11-15-7-3-2-4-8-15/h2-5,7-9,14,16-18,23,27-28,34-35H,6,10-13H2,1H3,(H,24,29)(H,25,33)(H,26,32)(H,30,31)/b9-5+/t14-,16-,17-,18+,23?/m1/s1. The molecule has 6 N–H and O–H groups in total. The number of nitrogens with one attached hydrogen (secondary N) is 3. The van der Waals surface area contributed by atoms with Gasteiger partial charge in [-0.1, -0.05) is 42.5 Å². The third kappa shape index (κ3) is 12.6. The van der Waals surface area contributed by atoms with Crippen molar-refractivity contribution in [3.05, 3.63) is 48.0 Å². The zero-order valence-corrected chi connectivity index (χ0v) is 21.1. The largest absolute Gasteiger partial charge is 0.481 e. The maximum Gasteiger partial charge on any atom is 0.306 e. The Morgan fingerprint density at radius 3 is 2.26 bits per heavy atom. The molecule has 0 bridgehead atoms. The van der Waals surface area contributed by atoms with Crippen LogP contribution in [0.3, 0.4) is 0 Å². The molecule has 0 heterocycles. The molecule has 1 aromatic rings. The number of carboxylic acid groups (broad SMARTS) is 1. The summed E-state index contributed by atoms with van der Waals surface area (Å²) in [5.74, 6) is -2.63. The third-order valence-corrected chi connectivity index (χ3v) is 5.44. The van der Waals surface area contributed by atoms with E-state index in [0.717, 1.165) is 5.56 Å². The molecule has 35 heavy (non-hydrogen) atoms. The summed E-state index contributed by atoms with van der Waals surface area (Å²) in [6, 6.07) is 6.91. The van der Waals surface area contributed by atoms with Crippen LogP contribution >= 0.6 is 25.3 Å². The molecule has 5 atom stereocenters. The first-order chi connectivity index (χ1) is 16.5. The second-order valence-electron chi connectivity index (χ2n) is 7.88. The first-order valence-electron chi connectivity index (χ1n) is 11.0. The minimum atomic E-state index is -1.38. The van der Waals surface area contributed by atoms with Crippen molar-refractivity contribution >= 4 is 48.9 Å². The first-order valence-corrected chi connectivity index (χ1v) is 12.2. The molecule has 0 saturated heterocycles. The van der Waals surface area contributed by atoms with Gasteiger partial charge in [-0.15, -0.1) is 12.6 Å². The number of allylic oxidation sites excluding steroid dienone is 1. The summed E-state index contributed by atoms with van der Waals surface area (Å²) in [5, 5.41) is 35.1. The lowest BCUT2D eigenvalue weighted by molar-refractivity contribution is -0.140. The Hall–Kier alpha value is -2.54. The van der Waals surface area contributed by atoms with Crippen LogP contribution in [-0.4, -0.2) is 74.4 Å². The van der Waals surface area contributed by atoms with Gasteiger partial charge >= 0.3 is 5.97 Å². The summed E-state index contributed by atoms with van der Waals surface area (Å²) in [5.41, 5.74) is 0.765. The van der Waals surface area contributed by atoms with Gasteiger partial charge in [0, 0.05) is 0 Å². The molecule has 1 rings (SSSR count). The van der Waals surface area contributed by atoms with Gasteiger partial charge in [0.15, 0.2) is 5.37 Å². The molecule has 3 amide bonds. The number of rotatable bonds is 15. The minimum absolute atomic E-state index is 0.159. The predicted molar refractivity (Wildman–Crippen MR) is 137 cm³/mol. The lowest BCUT2D eigenvalue weighted by Gasteiger charge is -2.25. The molecule has 10 nitrogen and oxygen atoms in total. The Bertz CT molecular complexity index is 870. The van der Waals surface area contributed by atoms with E-state index < -0.39 is 59.8 Å². The van der Waals surface area contributed by atoms with Crippen molar-refractivity contribution in [2.75, 3.05) is 5.75 Å². The van der Waals surface area contributed by atoms with Crippen molar-refractivity contribution in [1.82, 2.24) is 16.0 Å². The van der Waals surface area contributed by atoms with E-state index in [1.807, 2.05) is 0 Å². The second-order valence-corrected chi connectivity index (χ2v) is 8.85. The van der Waals surface area contributed by atoms with E-state index in [-0.39, 0.29) is 12.8 Å². The van der Waals surface area contributed by atoms with E-state index in [4.69, 9.17) is 5.11 Å².